The Kier molecular flexibility index (Phi) is 4.01. The van der Waals surface area contributed by atoms with Gasteiger partial charge in [0.25, 0.3) is 0 Å². The first-order valence-electron chi connectivity index (χ1n) is 5.60. The molecule has 1 atom stereocenters. The van der Waals surface area contributed by atoms with Crippen molar-refractivity contribution in [1.29, 1.82) is 0 Å². The monoisotopic (exact) mass is 271 g/mol. The summed E-state index contributed by atoms with van der Waals surface area (Å²) in [5.41, 5.74) is 6.10. The predicted octanol–water partition coefficient (Wildman–Crippen LogP) is 2.06. The van der Waals surface area contributed by atoms with Gasteiger partial charge in [-0.1, -0.05) is 25.2 Å². The van der Waals surface area contributed by atoms with E-state index in [1.54, 1.807) is 11.8 Å². The maximum Gasteiger partial charge on any atom is 0.234 e. The lowest BCUT2D eigenvalue weighted by molar-refractivity contribution is 0.661. The minimum atomic E-state index is 0.00848. The van der Waals surface area contributed by atoms with Crippen LogP contribution in [0.4, 0.5) is 0 Å². The molecule has 2 rings (SSSR count). The van der Waals surface area contributed by atoms with Crippen molar-refractivity contribution < 1.29 is 0 Å². The average Bonchev–Trinajstić information content (AvgIpc) is 2.83. The van der Waals surface area contributed by atoms with E-state index in [9.17, 15) is 0 Å². The van der Waals surface area contributed by atoms with E-state index in [1.807, 2.05) is 4.52 Å². The molecule has 0 amide bonds. The fourth-order valence-corrected chi connectivity index (χ4v) is 2.90. The molecule has 0 saturated heterocycles. The molecule has 94 valence electrons. The lowest BCUT2D eigenvalue weighted by atomic mass is 10.2. The molecule has 0 aromatic carbocycles. The molecule has 0 fully saturated rings. The van der Waals surface area contributed by atoms with E-state index >= 15 is 0 Å². The van der Waals surface area contributed by atoms with Gasteiger partial charge in [0.1, 0.15) is 5.01 Å². The second-order valence-corrected chi connectivity index (χ2v) is 6.21. The van der Waals surface area contributed by atoms with Gasteiger partial charge in [0.05, 0.1) is 6.04 Å². The molecule has 2 N–H and O–H groups in total. The highest BCUT2D eigenvalue weighted by atomic mass is 32.2. The highest BCUT2D eigenvalue weighted by Gasteiger charge is 2.17. The standard InChI is InChI=1S/C10H17N5S2/c1-6(2)8-12-13-10-15(8)14-9(17-10)7(11)4-5-16-3/h6-7H,4-5,11H2,1-3H3. The van der Waals surface area contributed by atoms with E-state index in [2.05, 4.69) is 35.4 Å². The SMILES string of the molecule is CSCCC(N)c1nn2c(C(C)C)nnc2s1. The Morgan fingerprint density at radius 3 is 2.82 bits per heavy atom. The quantitative estimate of drug-likeness (QED) is 0.901. The van der Waals surface area contributed by atoms with Crippen molar-refractivity contribution in [2.24, 2.45) is 5.73 Å². The fraction of sp³-hybridized carbons (Fsp3) is 0.700. The number of thioether (sulfide) groups is 1. The Morgan fingerprint density at radius 2 is 2.18 bits per heavy atom. The van der Waals surface area contributed by atoms with Crippen molar-refractivity contribution >= 4 is 28.1 Å². The Hall–Kier alpha value is -0.660. The van der Waals surface area contributed by atoms with E-state index in [4.69, 9.17) is 5.73 Å². The second-order valence-electron chi connectivity index (χ2n) is 4.24. The van der Waals surface area contributed by atoms with Gasteiger partial charge in [-0.3, -0.25) is 0 Å². The summed E-state index contributed by atoms with van der Waals surface area (Å²) in [6.07, 6.45) is 3.03. The van der Waals surface area contributed by atoms with E-state index in [0.717, 1.165) is 28.0 Å². The van der Waals surface area contributed by atoms with Gasteiger partial charge < -0.3 is 5.73 Å². The lowest BCUT2D eigenvalue weighted by Crippen LogP contribution is -2.11. The maximum atomic E-state index is 6.10. The molecule has 0 aliphatic rings. The van der Waals surface area contributed by atoms with Gasteiger partial charge in [0.15, 0.2) is 5.82 Å². The molecular formula is C10H17N5S2. The van der Waals surface area contributed by atoms with Crippen molar-refractivity contribution in [2.45, 2.75) is 32.2 Å². The van der Waals surface area contributed by atoms with Crippen LogP contribution < -0.4 is 5.73 Å². The van der Waals surface area contributed by atoms with Crippen molar-refractivity contribution in [2.75, 3.05) is 12.0 Å². The molecule has 2 aromatic rings. The van der Waals surface area contributed by atoms with Crippen LogP contribution in [0.1, 0.15) is 43.1 Å². The van der Waals surface area contributed by atoms with Crippen LogP contribution in [0.15, 0.2) is 0 Å². The maximum absolute atomic E-state index is 6.10. The Bertz CT molecular complexity index is 490. The first kappa shape index (κ1) is 12.8. The molecule has 17 heavy (non-hydrogen) atoms. The van der Waals surface area contributed by atoms with Crippen LogP contribution >= 0.6 is 23.1 Å². The van der Waals surface area contributed by atoms with Crippen LogP contribution in [0.3, 0.4) is 0 Å². The summed E-state index contributed by atoms with van der Waals surface area (Å²) in [5, 5.41) is 13.7. The summed E-state index contributed by atoms with van der Waals surface area (Å²) < 4.78 is 1.82. The van der Waals surface area contributed by atoms with Gasteiger partial charge in [-0.05, 0) is 18.4 Å². The highest BCUT2D eigenvalue weighted by molar-refractivity contribution is 7.98. The molecule has 7 heteroatoms. The summed E-state index contributed by atoms with van der Waals surface area (Å²) in [4.78, 5) is 0.836. The molecular weight excluding hydrogens is 254 g/mol. The van der Waals surface area contributed by atoms with Gasteiger partial charge in [0, 0.05) is 5.92 Å². The van der Waals surface area contributed by atoms with Crippen molar-refractivity contribution in [3.8, 4) is 0 Å². The predicted molar refractivity (Wildman–Crippen MR) is 72.7 cm³/mol. The smallest absolute Gasteiger partial charge is 0.234 e. The second kappa shape index (κ2) is 5.32. The van der Waals surface area contributed by atoms with Gasteiger partial charge in [-0.15, -0.1) is 10.2 Å². The minimum Gasteiger partial charge on any atom is -0.322 e. The van der Waals surface area contributed by atoms with Gasteiger partial charge in [0.2, 0.25) is 4.96 Å². The van der Waals surface area contributed by atoms with Crippen LogP contribution in [0.2, 0.25) is 0 Å². The van der Waals surface area contributed by atoms with Crippen LogP contribution in [-0.4, -0.2) is 31.8 Å². The zero-order chi connectivity index (χ0) is 12.4. The first-order valence-corrected chi connectivity index (χ1v) is 7.81. The molecule has 0 spiro atoms. The number of rotatable bonds is 5. The van der Waals surface area contributed by atoms with E-state index in [1.165, 1.54) is 11.3 Å². The van der Waals surface area contributed by atoms with Gasteiger partial charge in [-0.25, -0.2) is 0 Å². The number of nitrogens with zero attached hydrogens (tertiary/aromatic N) is 4. The topological polar surface area (TPSA) is 69.1 Å². The number of aromatic nitrogens is 4. The molecule has 0 bridgehead atoms. The summed E-state index contributed by atoms with van der Waals surface area (Å²) in [6, 6.07) is 0.00848. The fourth-order valence-electron chi connectivity index (χ4n) is 1.53. The summed E-state index contributed by atoms with van der Waals surface area (Å²) in [6.45, 7) is 4.17. The summed E-state index contributed by atoms with van der Waals surface area (Å²) in [5.74, 6) is 2.28. The van der Waals surface area contributed by atoms with E-state index in [0.29, 0.717) is 5.92 Å². The van der Waals surface area contributed by atoms with Crippen molar-refractivity contribution in [3.05, 3.63) is 10.8 Å². The van der Waals surface area contributed by atoms with E-state index in [-0.39, 0.29) is 6.04 Å². The number of hydrogen-bond donors (Lipinski definition) is 1. The third-order valence-corrected chi connectivity index (χ3v) is 4.17. The van der Waals surface area contributed by atoms with Gasteiger partial charge in [-0.2, -0.15) is 21.4 Å². The zero-order valence-corrected chi connectivity index (χ0v) is 11.9. The molecule has 0 aliphatic carbocycles. The molecule has 0 radical (unpaired) electrons. The summed E-state index contributed by atoms with van der Waals surface area (Å²) in [7, 11) is 0. The molecule has 2 aromatic heterocycles. The minimum absolute atomic E-state index is 0.00848. The van der Waals surface area contributed by atoms with Crippen molar-refractivity contribution in [3.63, 3.8) is 0 Å². The molecule has 0 saturated carbocycles. The number of hydrogen-bond acceptors (Lipinski definition) is 6. The summed E-state index contributed by atoms with van der Waals surface area (Å²) >= 11 is 3.34. The molecule has 5 nitrogen and oxygen atoms in total. The molecule has 1 unspecified atom stereocenters. The zero-order valence-electron chi connectivity index (χ0n) is 10.3. The van der Waals surface area contributed by atoms with Crippen LogP contribution in [0.5, 0.6) is 0 Å². The molecule has 0 aliphatic heterocycles. The number of nitrogens with two attached hydrogens (primary N) is 1. The third kappa shape index (κ3) is 2.61. The largest absolute Gasteiger partial charge is 0.322 e. The van der Waals surface area contributed by atoms with Crippen molar-refractivity contribution in [1.82, 2.24) is 19.8 Å². The molecule has 2 heterocycles. The Morgan fingerprint density at radius 1 is 1.41 bits per heavy atom. The van der Waals surface area contributed by atoms with E-state index < -0.39 is 0 Å². The number of fused-ring (bicyclic) bond motifs is 1. The Labute approximate surface area is 109 Å². The average molecular weight is 271 g/mol. The lowest BCUT2D eigenvalue weighted by Gasteiger charge is -2.05. The third-order valence-electron chi connectivity index (χ3n) is 2.50. The first-order chi connectivity index (χ1) is 8.13. The van der Waals surface area contributed by atoms with Crippen LogP contribution in [0.25, 0.3) is 4.96 Å². The normalized spacial score (nSPS) is 13.7. The highest BCUT2D eigenvalue weighted by Crippen LogP contribution is 2.24. The van der Waals surface area contributed by atoms with Crippen LogP contribution in [0, 0.1) is 0 Å². The Balaban J connectivity index is 2.25. The van der Waals surface area contributed by atoms with Gasteiger partial charge >= 0.3 is 0 Å². The van der Waals surface area contributed by atoms with Crippen LogP contribution in [-0.2, 0) is 0 Å².